The van der Waals surface area contributed by atoms with Gasteiger partial charge in [0.2, 0.25) is 0 Å². The van der Waals surface area contributed by atoms with E-state index in [1.807, 2.05) is 0 Å². The van der Waals surface area contributed by atoms with Gasteiger partial charge >= 0.3 is 12.1 Å². The van der Waals surface area contributed by atoms with Crippen molar-refractivity contribution in [2.75, 3.05) is 7.11 Å². The lowest BCUT2D eigenvalue weighted by Gasteiger charge is -2.10. The molecule has 0 saturated heterocycles. The third-order valence-electron chi connectivity index (χ3n) is 4.64. The molecule has 0 amide bonds. The summed E-state index contributed by atoms with van der Waals surface area (Å²) in [6, 6.07) is 3.90. The van der Waals surface area contributed by atoms with Gasteiger partial charge in [0.05, 0.1) is 18.2 Å². The van der Waals surface area contributed by atoms with Crippen LogP contribution < -0.4 is 0 Å². The van der Waals surface area contributed by atoms with Gasteiger partial charge in [0.25, 0.3) is 0 Å². The number of alkyl halides is 3. The largest absolute Gasteiger partial charge is 0.465 e. The van der Waals surface area contributed by atoms with Crippen LogP contribution in [0.3, 0.4) is 0 Å². The fourth-order valence-electron chi connectivity index (χ4n) is 2.99. The Hall–Kier alpha value is -3.56. The van der Waals surface area contributed by atoms with E-state index in [1.165, 1.54) is 49.1 Å². The minimum Gasteiger partial charge on any atom is -0.465 e. The van der Waals surface area contributed by atoms with E-state index in [2.05, 4.69) is 20.1 Å². The molecular weight excluding hydrogens is 399 g/mol. The van der Waals surface area contributed by atoms with Crippen molar-refractivity contribution in [2.24, 2.45) is 0 Å². The van der Waals surface area contributed by atoms with Crippen LogP contribution in [0.5, 0.6) is 0 Å². The van der Waals surface area contributed by atoms with Crippen LogP contribution in [0.1, 0.15) is 35.4 Å². The number of methoxy groups -OCH3 is 1. The maximum atomic E-state index is 13.3. The maximum Gasteiger partial charge on any atom is 0.416 e. The number of benzene rings is 1. The van der Waals surface area contributed by atoms with Crippen molar-refractivity contribution in [1.82, 2.24) is 24.7 Å². The smallest absolute Gasteiger partial charge is 0.416 e. The number of hydrogen-bond acceptors (Lipinski definition) is 6. The van der Waals surface area contributed by atoms with E-state index in [-0.39, 0.29) is 22.9 Å². The number of aromatic nitrogens is 5. The molecule has 0 N–H and O–H groups in total. The highest BCUT2D eigenvalue weighted by Gasteiger charge is 2.34. The van der Waals surface area contributed by atoms with E-state index in [0.29, 0.717) is 11.1 Å². The Morgan fingerprint density at radius 2 is 1.93 bits per heavy atom. The van der Waals surface area contributed by atoms with Gasteiger partial charge in [-0.3, -0.25) is 0 Å². The molecule has 0 unspecified atom stereocenters. The molecule has 1 aromatic carbocycles. The third-order valence-corrected chi connectivity index (χ3v) is 4.64. The highest BCUT2D eigenvalue weighted by Crippen LogP contribution is 2.43. The molecule has 1 saturated carbocycles. The number of rotatable bonds is 5. The molecule has 0 radical (unpaired) electrons. The van der Waals surface area contributed by atoms with Gasteiger partial charge < -0.3 is 4.74 Å². The van der Waals surface area contributed by atoms with Crippen LogP contribution in [0, 0.1) is 0 Å². The molecule has 1 aliphatic carbocycles. The van der Waals surface area contributed by atoms with Gasteiger partial charge in [-0.2, -0.15) is 13.2 Å². The zero-order valence-electron chi connectivity index (χ0n) is 15.8. The van der Waals surface area contributed by atoms with E-state index in [9.17, 15) is 18.0 Å². The van der Waals surface area contributed by atoms with E-state index in [0.717, 1.165) is 18.9 Å². The molecule has 0 bridgehead atoms. The molecule has 0 atom stereocenters. The Bertz CT molecular complexity index is 1110. The minimum atomic E-state index is -4.46. The average molecular weight is 415 g/mol. The number of hydrogen-bond donors (Lipinski definition) is 0. The standard InChI is InChI=1S/C20H16F3N5O2/c1-30-19(29)17(15-7-24-10-25-8-15)9-28-11-26-18(27-28)14-4-13(12-2-3-12)5-16(6-14)20(21,22)23/h4-12H,2-3H2,1H3/b17-9+. The predicted molar refractivity (Wildman–Crippen MR) is 101 cm³/mol. The van der Waals surface area contributed by atoms with Crippen LogP contribution in [0.15, 0.2) is 43.2 Å². The van der Waals surface area contributed by atoms with Gasteiger partial charge in [-0.25, -0.2) is 24.4 Å². The molecule has 4 rings (SSSR count). The van der Waals surface area contributed by atoms with Gasteiger partial charge in [0.15, 0.2) is 5.82 Å². The number of halogens is 3. The van der Waals surface area contributed by atoms with Crippen LogP contribution in [0.4, 0.5) is 13.2 Å². The molecule has 1 fully saturated rings. The van der Waals surface area contributed by atoms with E-state index >= 15 is 0 Å². The first kappa shape index (κ1) is 19.7. The lowest BCUT2D eigenvalue weighted by Crippen LogP contribution is -2.07. The summed E-state index contributed by atoms with van der Waals surface area (Å²) in [5.41, 5.74) is 0.684. The lowest BCUT2D eigenvalue weighted by molar-refractivity contribution is -0.137. The monoisotopic (exact) mass is 415 g/mol. The normalized spacial score (nSPS) is 14.6. The van der Waals surface area contributed by atoms with Crippen LogP contribution in [0.25, 0.3) is 23.2 Å². The summed E-state index contributed by atoms with van der Waals surface area (Å²) in [6.45, 7) is 0. The number of carbonyl (C=O) groups is 1. The number of ether oxygens (including phenoxy) is 1. The summed E-state index contributed by atoms with van der Waals surface area (Å²) in [6.07, 6.45) is 4.12. The molecule has 3 aromatic rings. The Morgan fingerprint density at radius 1 is 1.20 bits per heavy atom. The summed E-state index contributed by atoms with van der Waals surface area (Å²) >= 11 is 0. The lowest BCUT2D eigenvalue weighted by atomic mass is 10.0. The SMILES string of the molecule is COC(=O)/C(=C/n1cnc(-c2cc(C3CC3)cc(C(F)(F)F)c2)n1)c1cncnc1. The van der Waals surface area contributed by atoms with Gasteiger partial charge in [-0.15, -0.1) is 5.10 Å². The van der Waals surface area contributed by atoms with Gasteiger partial charge in [-0.05, 0) is 42.5 Å². The summed E-state index contributed by atoms with van der Waals surface area (Å²) in [5.74, 6) is -0.387. The van der Waals surface area contributed by atoms with Crippen molar-refractivity contribution in [2.45, 2.75) is 24.9 Å². The van der Waals surface area contributed by atoms with Crippen molar-refractivity contribution in [3.63, 3.8) is 0 Å². The van der Waals surface area contributed by atoms with Crippen molar-refractivity contribution in [3.05, 3.63) is 59.9 Å². The first-order valence-electron chi connectivity index (χ1n) is 9.04. The first-order chi connectivity index (χ1) is 14.3. The Balaban J connectivity index is 1.72. The van der Waals surface area contributed by atoms with Crippen LogP contribution in [0.2, 0.25) is 0 Å². The van der Waals surface area contributed by atoms with Crippen LogP contribution in [-0.4, -0.2) is 37.8 Å². The fraction of sp³-hybridized carbons (Fsp3) is 0.250. The second-order valence-corrected chi connectivity index (χ2v) is 6.83. The number of carbonyl (C=O) groups excluding carboxylic acids is 1. The topological polar surface area (TPSA) is 82.8 Å². The highest BCUT2D eigenvalue weighted by atomic mass is 19.4. The Morgan fingerprint density at radius 3 is 2.57 bits per heavy atom. The summed E-state index contributed by atoms with van der Waals surface area (Å²) in [7, 11) is 1.23. The molecular formula is C20H16F3N5O2. The fourth-order valence-corrected chi connectivity index (χ4v) is 2.99. The molecule has 0 aliphatic heterocycles. The molecule has 7 nitrogen and oxygen atoms in total. The van der Waals surface area contributed by atoms with Gasteiger partial charge in [0, 0.05) is 29.7 Å². The minimum absolute atomic E-state index is 0.118. The second-order valence-electron chi connectivity index (χ2n) is 6.83. The highest BCUT2D eigenvalue weighted by molar-refractivity contribution is 6.19. The van der Waals surface area contributed by atoms with Crippen LogP contribution >= 0.6 is 0 Å². The Labute approximate surface area is 169 Å². The van der Waals surface area contributed by atoms with Crippen molar-refractivity contribution in [3.8, 4) is 11.4 Å². The zero-order chi connectivity index (χ0) is 21.3. The van der Waals surface area contributed by atoms with E-state index in [4.69, 9.17) is 4.74 Å². The molecule has 154 valence electrons. The molecule has 2 heterocycles. The quantitative estimate of drug-likeness (QED) is 0.466. The zero-order valence-corrected chi connectivity index (χ0v) is 15.8. The summed E-state index contributed by atoms with van der Waals surface area (Å²) < 4.78 is 46.0. The summed E-state index contributed by atoms with van der Waals surface area (Å²) in [5, 5.41) is 4.22. The van der Waals surface area contributed by atoms with E-state index in [1.54, 1.807) is 6.07 Å². The Kier molecular flexibility index (Phi) is 5.06. The number of nitrogens with zero attached hydrogens (tertiary/aromatic N) is 5. The van der Waals surface area contributed by atoms with Crippen LogP contribution in [-0.2, 0) is 15.7 Å². The number of esters is 1. The van der Waals surface area contributed by atoms with Gasteiger partial charge in [-0.1, -0.05) is 0 Å². The van der Waals surface area contributed by atoms with Crippen molar-refractivity contribution >= 4 is 17.7 Å². The average Bonchev–Trinajstić information content (AvgIpc) is 3.49. The van der Waals surface area contributed by atoms with Gasteiger partial charge in [0.1, 0.15) is 12.7 Å². The first-order valence-corrected chi connectivity index (χ1v) is 9.04. The van der Waals surface area contributed by atoms with E-state index < -0.39 is 17.7 Å². The molecule has 2 aromatic heterocycles. The summed E-state index contributed by atoms with van der Waals surface area (Å²) in [4.78, 5) is 24.0. The predicted octanol–water partition coefficient (Wildman–Crippen LogP) is 3.80. The molecule has 0 spiro atoms. The third kappa shape index (κ3) is 4.22. The molecule has 1 aliphatic rings. The molecule has 30 heavy (non-hydrogen) atoms. The van der Waals surface area contributed by atoms with Crippen molar-refractivity contribution in [1.29, 1.82) is 0 Å². The molecule has 10 heteroatoms. The maximum absolute atomic E-state index is 13.3. The second kappa shape index (κ2) is 7.69. The van der Waals surface area contributed by atoms with Crippen molar-refractivity contribution < 1.29 is 22.7 Å².